The molecule has 2 aromatic carbocycles. The molecule has 0 amide bonds. The van der Waals surface area contributed by atoms with Gasteiger partial charge in [0.25, 0.3) is 0 Å². The van der Waals surface area contributed by atoms with Crippen LogP contribution in [-0.4, -0.2) is 39.8 Å². The third-order valence-electron chi connectivity index (χ3n) is 5.39. The van der Waals surface area contributed by atoms with Crippen molar-refractivity contribution in [3.63, 3.8) is 0 Å². The van der Waals surface area contributed by atoms with Crippen molar-refractivity contribution in [2.24, 2.45) is 5.16 Å². The fourth-order valence-corrected chi connectivity index (χ4v) is 4.79. The van der Waals surface area contributed by atoms with Gasteiger partial charge < -0.3 is 19.0 Å². The maximum Gasteiger partial charge on any atom is 0.129 e. The van der Waals surface area contributed by atoms with Crippen molar-refractivity contribution in [3.05, 3.63) is 53.3 Å². The number of ether oxygens (including phenoxy) is 3. The van der Waals surface area contributed by atoms with Crippen LogP contribution in [0.2, 0.25) is 0 Å². The molecule has 2 heterocycles. The fraction of sp³-hybridized carbons (Fsp3) is 0.409. The summed E-state index contributed by atoms with van der Waals surface area (Å²) in [4.78, 5) is 6.73. The molecule has 0 aromatic heterocycles. The summed E-state index contributed by atoms with van der Waals surface area (Å²) in [7, 11) is 3.22. The standard InChI is InChI=1S/C22H24FNO4S/c1-25-22(6-9-27-10-7-22)15-11-16(23)13-18(12-15)29-17-3-4-19-20(24-26-2)5-8-28-21(19)14-17/h3-4,11-14H,5-10H2,1-2H3. The van der Waals surface area contributed by atoms with Crippen molar-refractivity contribution < 1.29 is 23.4 Å². The lowest BCUT2D eigenvalue weighted by Crippen LogP contribution is -2.35. The van der Waals surface area contributed by atoms with Crippen molar-refractivity contribution in [1.82, 2.24) is 0 Å². The molecule has 0 aliphatic carbocycles. The van der Waals surface area contributed by atoms with E-state index in [1.807, 2.05) is 24.3 Å². The van der Waals surface area contributed by atoms with Gasteiger partial charge in [0.15, 0.2) is 0 Å². The minimum absolute atomic E-state index is 0.267. The number of hydrogen-bond donors (Lipinski definition) is 0. The average molecular weight is 418 g/mol. The Labute approximate surface area is 174 Å². The van der Waals surface area contributed by atoms with Gasteiger partial charge in [0, 0.05) is 54.9 Å². The fourth-order valence-electron chi connectivity index (χ4n) is 3.85. The van der Waals surface area contributed by atoms with Crippen LogP contribution in [0.25, 0.3) is 0 Å². The van der Waals surface area contributed by atoms with Crippen LogP contribution in [0, 0.1) is 5.82 Å². The smallest absolute Gasteiger partial charge is 0.129 e. The minimum Gasteiger partial charge on any atom is -0.492 e. The Hall–Kier alpha value is -2.09. The molecule has 1 fully saturated rings. The van der Waals surface area contributed by atoms with Crippen LogP contribution in [0.1, 0.15) is 30.4 Å². The molecule has 0 radical (unpaired) electrons. The SMILES string of the molecule is CON=C1CCOc2cc(Sc3cc(F)cc(C4(OC)CCOCC4)c3)ccc21. The highest BCUT2D eigenvalue weighted by Crippen LogP contribution is 2.40. The highest BCUT2D eigenvalue weighted by Gasteiger charge is 2.35. The van der Waals surface area contributed by atoms with E-state index in [-0.39, 0.29) is 5.82 Å². The topological polar surface area (TPSA) is 49.3 Å². The summed E-state index contributed by atoms with van der Waals surface area (Å²) in [5, 5.41) is 4.09. The van der Waals surface area contributed by atoms with Gasteiger partial charge in [-0.15, -0.1) is 0 Å². The third-order valence-corrected chi connectivity index (χ3v) is 6.35. The minimum atomic E-state index is -0.500. The van der Waals surface area contributed by atoms with E-state index >= 15 is 0 Å². The number of benzene rings is 2. The van der Waals surface area contributed by atoms with Gasteiger partial charge in [-0.05, 0) is 42.0 Å². The van der Waals surface area contributed by atoms with Crippen LogP contribution >= 0.6 is 11.8 Å². The Balaban J connectivity index is 1.62. The summed E-state index contributed by atoms with van der Waals surface area (Å²) in [5.41, 5.74) is 2.16. The molecule has 0 atom stereocenters. The molecule has 154 valence electrons. The summed E-state index contributed by atoms with van der Waals surface area (Å²) in [6, 6.07) is 11.1. The summed E-state index contributed by atoms with van der Waals surface area (Å²) >= 11 is 1.50. The van der Waals surface area contributed by atoms with Gasteiger partial charge in [0.2, 0.25) is 0 Å². The molecule has 29 heavy (non-hydrogen) atoms. The lowest BCUT2D eigenvalue weighted by atomic mass is 9.86. The first-order valence-corrected chi connectivity index (χ1v) is 10.4. The molecule has 5 nitrogen and oxygen atoms in total. The lowest BCUT2D eigenvalue weighted by molar-refractivity contribution is -0.0950. The normalized spacial score (nSPS) is 19.5. The Bertz CT molecular complexity index is 912. The Morgan fingerprint density at radius 3 is 2.62 bits per heavy atom. The number of nitrogens with zero attached hydrogens (tertiary/aromatic N) is 1. The van der Waals surface area contributed by atoms with Crippen LogP contribution in [0.3, 0.4) is 0 Å². The number of methoxy groups -OCH3 is 1. The molecular formula is C22H24FNO4S. The first kappa shape index (κ1) is 20.2. The van der Waals surface area contributed by atoms with Crippen LogP contribution in [0.15, 0.2) is 51.3 Å². The average Bonchev–Trinajstić information content (AvgIpc) is 2.74. The molecule has 0 unspecified atom stereocenters. The zero-order valence-corrected chi connectivity index (χ0v) is 17.4. The van der Waals surface area contributed by atoms with E-state index in [2.05, 4.69) is 5.16 Å². The van der Waals surface area contributed by atoms with Gasteiger partial charge in [-0.25, -0.2) is 4.39 Å². The highest BCUT2D eigenvalue weighted by atomic mass is 32.2. The molecule has 2 aliphatic rings. The molecular weight excluding hydrogens is 393 g/mol. The van der Waals surface area contributed by atoms with Gasteiger partial charge in [-0.2, -0.15) is 0 Å². The second-order valence-corrected chi connectivity index (χ2v) is 8.21. The molecule has 2 aromatic rings. The van der Waals surface area contributed by atoms with Crippen molar-refractivity contribution >= 4 is 17.5 Å². The predicted molar refractivity (Wildman–Crippen MR) is 109 cm³/mol. The monoisotopic (exact) mass is 417 g/mol. The van der Waals surface area contributed by atoms with E-state index in [1.165, 1.54) is 11.8 Å². The first-order chi connectivity index (χ1) is 14.1. The molecule has 0 N–H and O–H groups in total. The van der Waals surface area contributed by atoms with Crippen LogP contribution < -0.4 is 4.74 Å². The van der Waals surface area contributed by atoms with Crippen LogP contribution in [0.5, 0.6) is 5.75 Å². The van der Waals surface area contributed by atoms with Crippen molar-refractivity contribution in [2.45, 2.75) is 34.7 Å². The zero-order valence-electron chi connectivity index (χ0n) is 16.6. The number of hydrogen-bond acceptors (Lipinski definition) is 6. The summed E-state index contributed by atoms with van der Waals surface area (Å²) < 4.78 is 31.5. The molecule has 0 spiro atoms. The first-order valence-electron chi connectivity index (χ1n) is 9.62. The van der Waals surface area contributed by atoms with Crippen LogP contribution in [0.4, 0.5) is 4.39 Å². The van der Waals surface area contributed by atoms with E-state index in [0.717, 1.165) is 32.4 Å². The zero-order chi connectivity index (χ0) is 20.3. The van der Waals surface area contributed by atoms with E-state index in [0.29, 0.717) is 39.1 Å². The molecule has 0 bridgehead atoms. The Morgan fingerprint density at radius 2 is 1.86 bits per heavy atom. The largest absolute Gasteiger partial charge is 0.492 e. The maximum absolute atomic E-state index is 14.4. The van der Waals surface area contributed by atoms with Crippen LogP contribution in [-0.2, 0) is 19.9 Å². The van der Waals surface area contributed by atoms with Gasteiger partial charge in [0.1, 0.15) is 18.7 Å². The maximum atomic E-state index is 14.4. The van der Waals surface area contributed by atoms with Gasteiger partial charge in [-0.1, -0.05) is 16.9 Å². The van der Waals surface area contributed by atoms with E-state index in [4.69, 9.17) is 19.0 Å². The summed E-state index contributed by atoms with van der Waals surface area (Å²) in [6.45, 7) is 1.78. The van der Waals surface area contributed by atoms with Gasteiger partial charge in [-0.3, -0.25) is 0 Å². The van der Waals surface area contributed by atoms with Crippen molar-refractivity contribution in [1.29, 1.82) is 0 Å². The Kier molecular flexibility index (Phi) is 6.08. The number of oxime groups is 1. The summed E-state index contributed by atoms with van der Waals surface area (Å²) in [5.74, 6) is 0.503. The van der Waals surface area contributed by atoms with Gasteiger partial charge in [0.05, 0.1) is 17.9 Å². The van der Waals surface area contributed by atoms with Crippen molar-refractivity contribution in [2.75, 3.05) is 34.0 Å². The Morgan fingerprint density at radius 1 is 1.03 bits per heavy atom. The molecule has 2 aliphatic heterocycles. The number of rotatable bonds is 5. The molecule has 4 rings (SSSR count). The number of fused-ring (bicyclic) bond motifs is 1. The molecule has 1 saturated heterocycles. The molecule has 7 heteroatoms. The van der Waals surface area contributed by atoms with E-state index in [1.54, 1.807) is 26.4 Å². The lowest BCUT2D eigenvalue weighted by Gasteiger charge is -2.36. The second kappa shape index (κ2) is 8.73. The van der Waals surface area contributed by atoms with Crippen molar-refractivity contribution in [3.8, 4) is 5.75 Å². The third kappa shape index (κ3) is 4.27. The quantitative estimate of drug-likeness (QED) is 0.657. The number of halogens is 1. The van der Waals surface area contributed by atoms with E-state index < -0.39 is 5.60 Å². The van der Waals surface area contributed by atoms with Gasteiger partial charge >= 0.3 is 0 Å². The summed E-state index contributed by atoms with van der Waals surface area (Å²) in [6.07, 6.45) is 2.14. The second-order valence-electron chi connectivity index (χ2n) is 7.07. The highest BCUT2D eigenvalue weighted by molar-refractivity contribution is 7.99. The van der Waals surface area contributed by atoms with E-state index in [9.17, 15) is 4.39 Å². The predicted octanol–water partition coefficient (Wildman–Crippen LogP) is 4.76. The molecule has 0 saturated carbocycles.